The summed E-state index contributed by atoms with van der Waals surface area (Å²) in [6, 6.07) is 6.03. The van der Waals surface area contributed by atoms with E-state index in [1.54, 1.807) is 0 Å². The fraction of sp³-hybridized carbons (Fsp3) is 0.579. The molecule has 0 aromatic heterocycles. The van der Waals surface area contributed by atoms with Crippen molar-refractivity contribution in [3.8, 4) is 0 Å². The fourth-order valence-electron chi connectivity index (χ4n) is 2.91. The predicted octanol–water partition coefficient (Wildman–Crippen LogP) is 6.09. The summed E-state index contributed by atoms with van der Waals surface area (Å²) in [5.41, 5.74) is 3.09. The van der Waals surface area contributed by atoms with Crippen LogP contribution in [0.2, 0.25) is 0 Å². The molecule has 134 valence electrons. The molecule has 4 heteroatoms. The molecule has 0 bridgehead atoms. The Morgan fingerprint density at radius 2 is 1.52 bits per heavy atom. The Balaban J connectivity index is 0. The van der Waals surface area contributed by atoms with Gasteiger partial charge in [-0.1, -0.05) is 29.3 Å². The molecule has 0 atom stereocenters. The average Bonchev–Trinajstić information content (AvgIpc) is 2.27. The van der Waals surface area contributed by atoms with E-state index < -0.39 is 7.92 Å². The van der Waals surface area contributed by atoms with Crippen LogP contribution in [0.3, 0.4) is 0 Å². The number of hydrogen-bond acceptors (Lipinski definition) is 1. The summed E-state index contributed by atoms with van der Waals surface area (Å²) in [6.45, 7) is 17.5. The first-order valence-corrected chi connectivity index (χ1v) is 9.30. The van der Waals surface area contributed by atoms with E-state index in [0.29, 0.717) is 6.16 Å². The molecule has 0 radical (unpaired) electrons. The summed E-state index contributed by atoms with van der Waals surface area (Å²) in [7, 11) is -0.858. The van der Waals surface area contributed by atoms with Crippen molar-refractivity contribution in [3.63, 3.8) is 0 Å². The van der Waals surface area contributed by atoms with Crippen LogP contribution in [0.15, 0.2) is 18.2 Å². The third-order valence-electron chi connectivity index (χ3n) is 3.74. The number of carbonyl (C=O) groups excluding carboxylic acids is 1. The predicted molar refractivity (Wildman–Crippen MR) is 103 cm³/mol. The molecule has 0 saturated heterocycles. The molecule has 1 aromatic rings. The monoisotopic (exact) mass is 380 g/mol. The van der Waals surface area contributed by atoms with Gasteiger partial charge in [-0.15, -0.1) is 5.69 Å². The fourth-order valence-corrected chi connectivity index (χ4v) is 6.60. The normalized spacial score (nSPS) is 11.5. The zero-order chi connectivity index (χ0) is 16.4. The van der Waals surface area contributed by atoms with E-state index in [2.05, 4.69) is 59.8 Å². The summed E-state index contributed by atoms with van der Waals surface area (Å²) in [5, 5.41) is 4.73. The molecule has 0 heterocycles. The minimum Gasteiger partial charge on any atom is -0.624 e. The van der Waals surface area contributed by atoms with Gasteiger partial charge in [0.2, 0.25) is 0 Å². The van der Waals surface area contributed by atoms with Crippen LogP contribution in [0.5, 0.6) is 0 Å². The standard InChI is InChI=1S/C18H30NOP.CH3.Ni/c1-13-9-10-15(14(2)11-13)19-16(20)12-21(17(3,4)5)18(6,7)8;;/h9-11H,12H2,1-8H3,(H,19,20);1H3;/q;-1;+2. The minimum absolute atomic E-state index is 0. The summed E-state index contributed by atoms with van der Waals surface area (Å²) >= 11 is 0. The van der Waals surface area contributed by atoms with Gasteiger partial charge in [-0.05, 0) is 55.4 Å². The van der Waals surface area contributed by atoms with Gasteiger partial charge in [0, 0.05) is 7.92 Å². The molecule has 0 unspecified atom stereocenters. The van der Waals surface area contributed by atoms with E-state index >= 15 is 0 Å². The molecule has 0 aliphatic rings. The molecular formula is C19H33NNiOP+. The van der Waals surface area contributed by atoms with Crippen molar-refractivity contribution >= 4 is 19.5 Å². The summed E-state index contributed by atoms with van der Waals surface area (Å²) in [6.07, 6.45) is 0.602. The van der Waals surface area contributed by atoms with E-state index in [9.17, 15) is 4.79 Å². The van der Waals surface area contributed by atoms with E-state index in [1.165, 1.54) is 5.56 Å². The first kappa shape index (κ1) is 24.9. The van der Waals surface area contributed by atoms with Crippen molar-refractivity contribution in [3.05, 3.63) is 42.1 Å². The van der Waals surface area contributed by atoms with E-state index in [-0.39, 0.29) is 40.1 Å². The molecule has 0 spiro atoms. The number of nitrogens with zero attached hydrogens (tertiary/aromatic N) is 1. The van der Waals surface area contributed by atoms with Gasteiger partial charge in [0.05, 0.1) is 22.4 Å². The SMILES string of the molecule is Cc1ccc([N-]C(=O)C[PH+](C(C)(C)C)C(C)(C)C)c(C)c1.[CH3-].[Ni+2]. The maximum absolute atomic E-state index is 12.4. The van der Waals surface area contributed by atoms with Gasteiger partial charge in [0.1, 0.15) is 0 Å². The van der Waals surface area contributed by atoms with Crippen LogP contribution in [0.25, 0.3) is 5.32 Å². The van der Waals surface area contributed by atoms with Crippen molar-refractivity contribution < 1.29 is 21.3 Å². The Bertz CT molecular complexity index is 501. The van der Waals surface area contributed by atoms with E-state index in [0.717, 1.165) is 11.3 Å². The van der Waals surface area contributed by atoms with E-state index in [4.69, 9.17) is 0 Å². The Kier molecular flexibility index (Phi) is 9.93. The maximum atomic E-state index is 12.4. The van der Waals surface area contributed by atoms with Crippen molar-refractivity contribution in [1.29, 1.82) is 0 Å². The number of amides is 1. The molecule has 0 aliphatic carbocycles. The third-order valence-corrected chi connectivity index (χ3v) is 8.01. The Labute approximate surface area is 154 Å². The molecule has 23 heavy (non-hydrogen) atoms. The topological polar surface area (TPSA) is 31.2 Å². The van der Waals surface area contributed by atoms with Crippen LogP contribution in [0, 0.1) is 21.3 Å². The molecule has 1 rings (SSSR count). The van der Waals surface area contributed by atoms with Gasteiger partial charge in [-0.2, -0.15) is 0 Å². The zero-order valence-corrected chi connectivity index (χ0v) is 18.1. The van der Waals surface area contributed by atoms with E-state index in [1.807, 2.05) is 19.1 Å². The van der Waals surface area contributed by atoms with Gasteiger partial charge in [0.25, 0.3) is 0 Å². The number of benzene rings is 1. The Hall–Kier alpha value is -0.386. The number of hydrogen-bond donors (Lipinski definition) is 0. The molecule has 2 nitrogen and oxygen atoms in total. The van der Waals surface area contributed by atoms with Crippen molar-refractivity contribution in [2.45, 2.75) is 65.7 Å². The van der Waals surface area contributed by atoms with Crippen LogP contribution >= 0.6 is 7.92 Å². The quantitative estimate of drug-likeness (QED) is 0.354. The Morgan fingerprint density at radius 3 is 1.91 bits per heavy atom. The maximum Gasteiger partial charge on any atom is 2.00 e. The summed E-state index contributed by atoms with van der Waals surface area (Å²) in [5.74, 6) is 0.0284. The second kappa shape index (κ2) is 9.19. The van der Waals surface area contributed by atoms with Gasteiger partial charge in [-0.3, -0.25) is 0 Å². The second-order valence-electron chi connectivity index (χ2n) is 7.95. The second-order valence-corrected chi connectivity index (χ2v) is 12.3. The molecular weight excluding hydrogens is 348 g/mol. The molecule has 0 N–H and O–H groups in total. The molecule has 0 fully saturated rings. The summed E-state index contributed by atoms with van der Waals surface area (Å²) in [4.78, 5) is 12.4. The van der Waals surface area contributed by atoms with Crippen LogP contribution < -0.4 is 0 Å². The minimum atomic E-state index is -0.858. The number of rotatable bonds is 3. The van der Waals surface area contributed by atoms with Gasteiger partial charge >= 0.3 is 16.5 Å². The van der Waals surface area contributed by atoms with Gasteiger partial charge in [0.15, 0.2) is 0 Å². The largest absolute Gasteiger partial charge is 2.00 e. The number of carbonyl (C=O) groups is 1. The molecule has 0 aliphatic heterocycles. The summed E-state index contributed by atoms with van der Waals surface area (Å²) < 4.78 is 0. The molecule has 1 amide bonds. The zero-order valence-electron chi connectivity index (χ0n) is 16.1. The van der Waals surface area contributed by atoms with Crippen molar-refractivity contribution in [1.82, 2.24) is 0 Å². The molecule has 1 aromatic carbocycles. The smallest absolute Gasteiger partial charge is 0.624 e. The van der Waals surface area contributed by atoms with Crippen LogP contribution in [0.4, 0.5) is 5.69 Å². The molecule has 0 saturated carbocycles. The number of aryl methyl sites for hydroxylation is 2. The van der Waals surface area contributed by atoms with Crippen molar-refractivity contribution in [2.24, 2.45) is 0 Å². The average molecular weight is 381 g/mol. The first-order valence-electron chi connectivity index (χ1n) is 7.60. The third kappa shape index (κ3) is 7.82. The van der Waals surface area contributed by atoms with Crippen LogP contribution in [-0.4, -0.2) is 22.4 Å². The van der Waals surface area contributed by atoms with Gasteiger partial charge < -0.3 is 17.5 Å². The first-order chi connectivity index (χ1) is 9.41. The van der Waals surface area contributed by atoms with Crippen molar-refractivity contribution in [2.75, 3.05) is 6.16 Å². The van der Waals surface area contributed by atoms with Gasteiger partial charge in [-0.25, -0.2) is 0 Å². The van der Waals surface area contributed by atoms with Crippen LogP contribution in [0.1, 0.15) is 52.7 Å². The Morgan fingerprint density at radius 1 is 1.04 bits per heavy atom. The van der Waals surface area contributed by atoms with Crippen LogP contribution in [-0.2, 0) is 21.3 Å².